The number of carbonyl (C=O) groups is 1. The van der Waals surface area contributed by atoms with Gasteiger partial charge in [0.15, 0.2) is 5.16 Å². The fourth-order valence-electron chi connectivity index (χ4n) is 2.34. The number of nitro benzene ring substituents is 1. The number of carbonyl (C=O) groups excluding carboxylic acids is 1. The molecule has 10 heteroatoms. The van der Waals surface area contributed by atoms with E-state index in [4.69, 9.17) is 11.6 Å². The molecule has 2 aromatic carbocycles. The topological polar surface area (TPSA) is 90.1 Å². The molecule has 1 heterocycles. The molecular formula is C18H14BrClN4O3S. The fourth-order valence-corrected chi connectivity index (χ4v) is 3.66. The van der Waals surface area contributed by atoms with Crippen molar-refractivity contribution >= 4 is 56.6 Å². The lowest BCUT2D eigenvalue weighted by Gasteiger charge is -2.14. The quantitative estimate of drug-likeness (QED) is 0.292. The molecule has 1 unspecified atom stereocenters. The Morgan fingerprint density at radius 1 is 1.32 bits per heavy atom. The third-order valence-corrected chi connectivity index (χ3v) is 5.72. The summed E-state index contributed by atoms with van der Waals surface area (Å²) in [6.07, 6.45) is 3.47. The molecule has 1 atom stereocenters. The van der Waals surface area contributed by atoms with E-state index in [2.05, 4.69) is 26.2 Å². The minimum absolute atomic E-state index is 0.147. The minimum Gasteiger partial charge on any atom is -0.324 e. The molecule has 144 valence electrons. The number of imidazole rings is 1. The summed E-state index contributed by atoms with van der Waals surface area (Å²) in [6.45, 7) is 1.73. The van der Waals surface area contributed by atoms with E-state index in [1.54, 1.807) is 13.1 Å². The van der Waals surface area contributed by atoms with Crippen molar-refractivity contribution in [3.8, 4) is 5.69 Å². The highest BCUT2D eigenvalue weighted by atomic mass is 79.9. The molecule has 7 nitrogen and oxygen atoms in total. The maximum atomic E-state index is 12.6. The molecule has 0 bridgehead atoms. The summed E-state index contributed by atoms with van der Waals surface area (Å²) in [6, 6.07) is 11.6. The zero-order valence-electron chi connectivity index (χ0n) is 14.5. The minimum atomic E-state index is -0.542. The Kier molecular flexibility index (Phi) is 6.38. The van der Waals surface area contributed by atoms with Crippen molar-refractivity contribution in [2.45, 2.75) is 17.3 Å². The Balaban J connectivity index is 1.74. The molecule has 0 radical (unpaired) electrons. The van der Waals surface area contributed by atoms with E-state index in [9.17, 15) is 14.9 Å². The highest BCUT2D eigenvalue weighted by Crippen LogP contribution is 2.29. The third-order valence-electron chi connectivity index (χ3n) is 3.78. The van der Waals surface area contributed by atoms with Gasteiger partial charge in [0.25, 0.3) is 5.69 Å². The molecule has 0 aliphatic carbocycles. The van der Waals surface area contributed by atoms with Crippen LogP contribution in [0.3, 0.4) is 0 Å². The molecule has 0 spiro atoms. The van der Waals surface area contributed by atoms with Gasteiger partial charge in [0.2, 0.25) is 5.91 Å². The number of thioether (sulfide) groups is 1. The van der Waals surface area contributed by atoms with Gasteiger partial charge in [-0.2, -0.15) is 0 Å². The van der Waals surface area contributed by atoms with Gasteiger partial charge in [-0.25, -0.2) is 4.98 Å². The van der Waals surface area contributed by atoms with Crippen LogP contribution in [0.25, 0.3) is 5.69 Å². The number of aromatic nitrogens is 2. The number of amides is 1. The number of rotatable bonds is 6. The molecule has 0 fully saturated rings. The van der Waals surface area contributed by atoms with Crippen LogP contribution in [0.5, 0.6) is 0 Å². The van der Waals surface area contributed by atoms with Crippen LogP contribution >= 0.6 is 39.3 Å². The maximum absolute atomic E-state index is 12.6. The Labute approximate surface area is 178 Å². The molecule has 3 rings (SSSR count). The predicted octanol–water partition coefficient (Wildman–Crippen LogP) is 5.32. The Bertz CT molecular complexity index is 1030. The summed E-state index contributed by atoms with van der Waals surface area (Å²) in [5, 5.41) is 13.9. The zero-order chi connectivity index (χ0) is 20.3. The second kappa shape index (κ2) is 8.76. The number of halogens is 2. The molecule has 28 heavy (non-hydrogen) atoms. The fraction of sp³-hybridized carbons (Fsp3) is 0.111. The number of anilines is 1. The summed E-state index contributed by atoms with van der Waals surface area (Å²) in [4.78, 5) is 27.3. The predicted molar refractivity (Wildman–Crippen MR) is 113 cm³/mol. The van der Waals surface area contributed by atoms with E-state index in [1.807, 2.05) is 35.0 Å². The highest BCUT2D eigenvalue weighted by molar-refractivity contribution is 9.10. The standard InChI is InChI=1S/C18H14BrClN4O3S/c1-11(17(25)22-16-10-14(24(26)27)6-7-15(16)20)28-18-21-8-9-23(18)13-4-2-12(19)3-5-13/h2-11H,1H3,(H,22,25). The smallest absolute Gasteiger partial charge is 0.271 e. The second-order valence-electron chi connectivity index (χ2n) is 5.73. The van der Waals surface area contributed by atoms with Crippen LogP contribution in [-0.2, 0) is 4.79 Å². The lowest BCUT2D eigenvalue weighted by molar-refractivity contribution is -0.384. The van der Waals surface area contributed by atoms with Crippen LogP contribution < -0.4 is 5.32 Å². The SMILES string of the molecule is CC(Sc1nccn1-c1ccc(Br)cc1)C(=O)Nc1cc([N+](=O)[O-])ccc1Cl. The van der Waals surface area contributed by atoms with E-state index in [1.165, 1.54) is 30.0 Å². The van der Waals surface area contributed by atoms with E-state index >= 15 is 0 Å². The first kappa shape index (κ1) is 20.4. The summed E-state index contributed by atoms with van der Waals surface area (Å²) >= 11 is 10.7. The molecule has 1 aromatic heterocycles. The van der Waals surface area contributed by atoms with E-state index < -0.39 is 10.2 Å². The molecule has 3 aromatic rings. The highest BCUT2D eigenvalue weighted by Gasteiger charge is 2.20. The molecule has 0 aliphatic heterocycles. The van der Waals surface area contributed by atoms with Gasteiger partial charge in [0.05, 0.1) is 20.9 Å². The van der Waals surface area contributed by atoms with Gasteiger partial charge in [0, 0.05) is 34.7 Å². The van der Waals surface area contributed by atoms with Crippen LogP contribution in [0, 0.1) is 10.1 Å². The summed E-state index contributed by atoms with van der Waals surface area (Å²) in [5.41, 5.74) is 0.966. The van der Waals surface area contributed by atoms with Gasteiger partial charge in [0.1, 0.15) is 0 Å². The first-order valence-electron chi connectivity index (χ1n) is 8.06. The zero-order valence-corrected chi connectivity index (χ0v) is 17.7. The number of benzene rings is 2. The van der Waals surface area contributed by atoms with E-state index in [0.29, 0.717) is 5.16 Å². The van der Waals surface area contributed by atoms with Crippen LogP contribution in [0.15, 0.2) is 64.5 Å². The molecule has 0 saturated carbocycles. The van der Waals surface area contributed by atoms with Crippen molar-refractivity contribution in [1.29, 1.82) is 0 Å². The Morgan fingerprint density at radius 2 is 2.04 bits per heavy atom. The van der Waals surface area contributed by atoms with Gasteiger partial charge < -0.3 is 5.32 Å². The first-order valence-corrected chi connectivity index (χ1v) is 10.1. The number of nitrogens with one attached hydrogen (secondary N) is 1. The lowest BCUT2D eigenvalue weighted by atomic mass is 10.2. The maximum Gasteiger partial charge on any atom is 0.271 e. The van der Waals surface area contributed by atoms with Crippen LogP contribution in [-0.4, -0.2) is 25.6 Å². The van der Waals surface area contributed by atoms with Crippen molar-refractivity contribution in [1.82, 2.24) is 9.55 Å². The number of hydrogen-bond acceptors (Lipinski definition) is 5. The van der Waals surface area contributed by atoms with Crippen molar-refractivity contribution < 1.29 is 9.72 Å². The van der Waals surface area contributed by atoms with E-state index in [0.717, 1.165) is 10.2 Å². The Morgan fingerprint density at radius 3 is 2.71 bits per heavy atom. The van der Waals surface area contributed by atoms with Gasteiger partial charge in [-0.05, 0) is 37.3 Å². The number of non-ortho nitro benzene ring substituents is 1. The molecule has 1 amide bonds. The molecule has 1 N–H and O–H groups in total. The number of nitrogens with zero attached hydrogens (tertiary/aromatic N) is 3. The number of hydrogen-bond donors (Lipinski definition) is 1. The number of nitro groups is 1. The van der Waals surface area contributed by atoms with E-state index in [-0.39, 0.29) is 22.3 Å². The van der Waals surface area contributed by atoms with Crippen molar-refractivity contribution in [2.75, 3.05) is 5.32 Å². The molecule has 0 aliphatic rings. The Hall–Kier alpha value is -2.36. The van der Waals surface area contributed by atoms with Gasteiger partial charge >= 0.3 is 0 Å². The van der Waals surface area contributed by atoms with Crippen molar-refractivity contribution in [2.24, 2.45) is 0 Å². The summed E-state index contributed by atoms with van der Waals surface area (Å²) in [5.74, 6) is -0.335. The average Bonchev–Trinajstić information content (AvgIpc) is 3.12. The van der Waals surface area contributed by atoms with Crippen molar-refractivity contribution in [3.05, 3.63) is 74.5 Å². The first-order chi connectivity index (χ1) is 13.3. The van der Waals surface area contributed by atoms with Crippen LogP contribution in [0.1, 0.15) is 6.92 Å². The van der Waals surface area contributed by atoms with Gasteiger partial charge in [-0.15, -0.1) is 0 Å². The molecule has 0 saturated heterocycles. The monoisotopic (exact) mass is 480 g/mol. The summed E-state index contributed by atoms with van der Waals surface area (Å²) < 4.78 is 2.84. The third kappa shape index (κ3) is 4.73. The second-order valence-corrected chi connectivity index (χ2v) is 8.36. The summed E-state index contributed by atoms with van der Waals surface area (Å²) in [7, 11) is 0. The van der Waals surface area contributed by atoms with Crippen LogP contribution in [0.2, 0.25) is 5.02 Å². The van der Waals surface area contributed by atoms with Gasteiger partial charge in [-0.1, -0.05) is 39.3 Å². The largest absolute Gasteiger partial charge is 0.324 e. The normalized spacial score (nSPS) is 11.8. The van der Waals surface area contributed by atoms with Crippen molar-refractivity contribution in [3.63, 3.8) is 0 Å². The molecular weight excluding hydrogens is 468 g/mol. The lowest BCUT2D eigenvalue weighted by Crippen LogP contribution is -2.23. The van der Waals surface area contributed by atoms with Crippen LogP contribution in [0.4, 0.5) is 11.4 Å². The average molecular weight is 482 g/mol. The van der Waals surface area contributed by atoms with Gasteiger partial charge in [-0.3, -0.25) is 19.5 Å².